The molecule has 0 aliphatic rings. The maximum atomic E-state index is 6.68. The summed E-state index contributed by atoms with van der Waals surface area (Å²) in [6.07, 6.45) is 0. The van der Waals surface area contributed by atoms with E-state index in [-0.39, 0.29) is 19.2 Å². The predicted octanol–water partition coefficient (Wildman–Crippen LogP) is 5.84. The zero-order chi connectivity index (χ0) is 23.9. The monoisotopic (exact) mass is 463 g/mol. The van der Waals surface area contributed by atoms with E-state index in [2.05, 4.69) is 104 Å². The van der Waals surface area contributed by atoms with Crippen LogP contribution >= 0.6 is 0 Å². The van der Waals surface area contributed by atoms with Crippen molar-refractivity contribution in [1.29, 1.82) is 0 Å². The number of likely N-dealkylation sites (N-methyl/N-ethyl adjacent to an activating group) is 1. The summed E-state index contributed by atoms with van der Waals surface area (Å²) in [7, 11) is -0.360. The fourth-order valence-corrected chi connectivity index (χ4v) is 8.02. The van der Waals surface area contributed by atoms with Crippen molar-refractivity contribution in [2.45, 2.75) is 43.2 Å². The van der Waals surface area contributed by atoms with Crippen LogP contribution in [0.4, 0.5) is 0 Å². The lowest BCUT2D eigenvalue weighted by molar-refractivity contribution is 0.299. The average molecular weight is 464 g/mol. The zero-order valence-corrected chi connectivity index (χ0v) is 23.3. The van der Waals surface area contributed by atoms with Crippen molar-refractivity contribution in [3.63, 3.8) is 0 Å². The van der Waals surface area contributed by atoms with Crippen molar-refractivity contribution < 1.29 is 4.43 Å². The fraction of sp³-hybridized carbons (Fsp3) is 0.357. The zero-order valence-electron chi connectivity index (χ0n) is 21.1. The third-order valence-electron chi connectivity index (χ3n) is 4.75. The summed E-state index contributed by atoms with van der Waals surface area (Å²) in [5.74, 6) is 6.92. The Kier molecular flexibility index (Phi) is 13.5. The molecular weight excluding hydrogens is 421 g/mol. The Labute approximate surface area is 202 Å². The summed E-state index contributed by atoms with van der Waals surface area (Å²) in [6.45, 7) is 8.50. The number of hydrogen-bond donors (Lipinski definition) is 1. The van der Waals surface area contributed by atoms with Gasteiger partial charge in [-0.05, 0) is 22.5 Å². The summed E-state index contributed by atoms with van der Waals surface area (Å²) < 4.78 is 6.68. The Morgan fingerprint density at radius 2 is 1.00 bits per heavy atom. The Bertz CT molecular complexity index is 751. The topological polar surface area (TPSA) is 21.3 Å². The third kappa shape index (κ3) is 9.45. The van der Waals surface area contributed by atoms with Crippen LogP contribution in [-0.4, -0.2) is 42.7 Å². The Morgan fingerprint density at radius 3 is 1.28 bits per heavy atom. The van der Waals surface area contributed by atoms with Crippen LogP contribution < -0.4 is 15.7 Å². The largest absolute Gasteiger partial charge is 0.406 e. The molecule has 3 aromatic rings. The molecule has 0 aliphatic carbocycles. The lowest BCUT2D eigenvalue weighted by Gasteiger charge is -2.43. The molecule has 32 heavy (non-hydrogen) atoms. The Morgan fingerprint density at radius 1 is 0.688 bits per heavy atom. The number of rotatable bonds is 6. The second kappa shape index (κ2) is 15.2. The van der Waals surface area contributed by atoms with Gasteiger partial charge in [-0.2, -0.15) is 0 Å². The minimum atomic E-state index is -2.33. The first-order valence-corrected chi connectivity index (χ1v) is 17.0. The summed E-state index contributed by atoms with van der Waals surface area (Å²) >= 11 is -0.139. The van der Waals surface area contributed by atoms with Crippen molar-refractivity contribution in [3.8, 4) is 0 Å². The van der Waals surface area contributed by atoms with Crippen LogP contribution in [0, 0.1) is 0 Å². The molecule has 0 radical (unpaired) electrons. The quantitative estimate of drug-likeness (QED) is 0.366. The first-order chi connectivity index (χ1) is 15.3. The smallest absolute Gasteiger partial charge is 0.261 e. The molecule has 0 aliphatic heterocycles. The van der Waals surface area contributed by atoms with Gasteiger partial charge in [-0.25, -0.2) is 0 Å². The lowest BCUT2D eigenvalue weighted by Crippen LogP contribution is -2.66. The maximum absolute atomic E-state index is 6.68. The van der Waals surface area contributed by atoms with Crippen LogP contribution in [0.5, 0.6) is 0 Å². The minimum absolute atomic E-state index is 0.0590. The SMILES string of the molecule is CNCCO[Si](c1ccccc1)(c1ccccc1)C(C)(C)C.[CH3][Al]([CH3])[CH3].c1ccccc1. The molecule has 0 amide bonds. The van der Waals surface area contributed by atoms with Crippen LogP contribution in [0.2, 0.25) is 22.4 Å². The van der Waals surface area contributed by atoms with Gasteiger partial charge in [-0.1, -0.05) is 118 Å². The molecule has 2 nitrogen and oxygen atoms in total. The van der Waals surface area contributed by atoms with Gasteiger partial charge >= 0.3 is 0 Å². The molecule has 3 rings (SSSR count). The van der Waals surface area contributed by atoms with Crippen molar-refractivity contribution >= 4 is 32.8 Å². The summed E-state index contributed by atoms with van der Waals surface area (Å²) in [4.78, 5) is 0. The lowest BCUT2D eigenvalue weighted by atomic mass is 10.2. The van der Waals surface area contributed by atoms with E-state index in [0.29, 0.717) is 0 Å². The molecule has 0 saturated carbocycles. The second-order valence-electron chi connectivity index (χ2n) is 9.50. The average Bonchev–Trinajstić information content (AvgIpc) is 2.78. The van der Waals surface area contributed by atoms with Crippen molar-refractivity contribution in [2.75, 3.05) is 20.2 Å². The highest BCUT2D eigenvalue weighted by atomic mass is 28.4. The second-order valence-corrected chi connectivity index (χ2v) is 17.3. The van der Waals surface area contributed by atoms with Crippen LogP contribution in [0.1, 0.15) is 20.8 Å². The van der Waals surface area contributed by atoms with E-state index >= 15 is 0 Å². The third-order valence-corrected chi connectivity index (χ3v) is 9.80. The van der Waals surface area contributed by atoms with Crippen molar-refractivity contribution in [3.05, 3.63) is 97.1 Å². The molecule has 0 bridgehead atoms. The van der Waals surface area contributed by atoms with Gasteiger partial charge in [0.1, 0.15) is 0 Å². The van der Waals surface area contributed by atoms with Gasteiger partial charge in [-0.15, -0.1) is 17.4 Å². The van der Waals surface area contributed by atoms with Gasteiger partial charge < -0.3 is 9.74 Å². The van der Waals surface area contributed by atoms with Crippen LogP contribution in [-0.2, 0) is 4.43 Å². The minimum Gasteiger partial charge on any atom is -0.406 e. The van der Waals surface area contributed by atoms with Gasteiger partial charge in [0.2, 0.25) is 0 Å². The number of benzene rings is 3. The molecule has 0 spiro atoms. The van der Waals surface area contributed by atoms with Crippen LogP contribution in [0.15, 0.2) is 97.1 Å². The molecular formula is C28H42AlNOSi. The summed E-state index contributed by atoms with van der Waals surface area (Å²) in [5.41, 5.74) is 0. The Balaban J connectivity index is 0.000000422. The Hall–Kier alpha value is -1.67. The fourth-order valence-electron chi connectivity index (χ4n) is 3.45. The molecule has 3 aromatic carbocycles. The molecule has 0 aromatic heterocycles. The molecule has 0 atom stereocenters. The summed E-state index contributed by atoms with van der Waals surface area (Å²) in [5, 5.41) is 5.93. The first kappa shape index (κ1) is 28.4. The van der Waals surface area contributed by atoms with Crippen LogP contribution in [0.25, 0.3) is 0 Å². The highest BCUT2D eigenvalue weighted by Crippen LogP contribution is 2.36. The van der Waals surface area contributed by atoms with E-state index in [9.17, 15) is 0 Å². The van der Waals surface area contributed by atoms with E-state index in [1.165, 1.54) is 10.4 Å². The van der Waals surface area contributed by atoms with Crippen molar-refractivity contribution in [2.24, 2.45) is 0 Å². The van der Waals surface area contributed by atoms with Crippen LogP contribution in [0.3, 0.4) is 0 Å². The molecule has 4 heteroatoms. The number of hydrogen-bond acceptors (Lipinski definition) is 2. The van der Waals surface area contributed by atoms with E-state index in [4.69, 9.17) is 4.43 Å². The predicted molar refractivity (Wildman–Crippen MR) is 147 cm³/mol. The van der Waals surface area contributed by atoms with Crippen molar-refractivity contribution in [1.82, 2.24) is 5.32 Å². The molecule has 0 unspecified atom stereocenters. The normalized spacial score (nSPS) is 10.8. The van der Waals surface area contributed by atoms with E-state index < -0.39 is 8.32 Å². The van der Waals surface area contributed by atoms with Gasteiger partial charge in [0.05, 0.1) is 0 Å². The number of nitrogens with one attached hydrogen (secondary N) is 1. The molecule has 172 valence electrons. The van der Waals surface area contributed by atoms with Gasteiger partial charge in [-0.3, -0.25) is 0 Å². The highest BCUT2D eigenvalue weighted by molar-refractivity contribution is 6.99. The van der Waals surface area contributed by atoms with E-state index in [0.717, 1.165) is 13.2 Å². The molecule has 0 saturated heterocycles. The van der Waals surface area contributed by atoms with E-state index in [1.807, 2.05) is 43.4 Å². The first-order valence-electron chi connectivity index (χ1n) is 11.6. The van der Waals surface area contributed by atoms with Gasteiger partial charge in [0.25, 0.3) is 22.5 Å². The van der Waals surface area contributed by atoms with Gasteiger partial charge in [0, 0.05) is 13.2 Å². The van der Waals surface area contributed by atoms with Gasteiger partial charge in [0.15, 0.2) is 0 Å². The standard InChI is InChI=1S/C19H27NOSi.C6H6.3CH3.Al/c1-19(2,3)22(21-16-15-20-4,17-11-7-5-8-12-17)18-13-9-6-10-14-18;1-2-4-6-5-3-1;;;;/h5-14,20H,15-16H2,1-4H3;1-6H;3*1H3;. The van der Waals surface area contributed by atoms with E-state index in [1.54, 1.807) is 0 Å². The molecule has 0 fully saturated rings. The molecule has 0 heterocycles. The molecule has 1 N–H and O–H groups in total. The maximum Gasteiger partial charge on any atom is 0.261 e. The highest BCUT2D eigenvalue weighted by Gasteiger charge is 2.49. The summed E-state index contributed by atoms with van der Waals surface area (Å²) in [6, 6.07) is 33.5.